The summed E-state index contributed by atoms with van der Waals surface area (Å²) in [6, 6.07) is 21.4. The topological polar surface area (TPSA) is 41.1 Å². The highest BCUT2D eigenvalue weighted by Crippen LogP contribution is 2.40. The molecule has 26 heavy (non-hydrogen) atoms. The molecule has 0 radical (unpaired) electrons. The Morgan fingerprint density at radius 1 is 0.885 bits per heavy atom. The van der Waals surface area contributed by atoms with Crippen LogP contribution in [0.4, 0.5) is 0 Å². The maximum Gasteiger partial charge on any atom is 0.251 e. The van der Waals surface area contributed by atoms with E-state index in [4.69, 9.17) is 0 Å². The second-order valence-electron chi connectivity index (χ2n) is 7.82. The van der Waals surface area contributed by atoms with Crippen LogP contribution in [0.1, 0.15) is 53.9 Å². The second-order valence-corrected chi connectivity index (χ2v) is 7.82. The van der Waals surface area contributed by atoms with Crippen LogP contribution in [0.2, 0.25) is 0 Å². The van der Waals surface area contributed by atoms with Crippen LogP contribution in [0.15, 0.2) is 60.7 Å². The van der Waals surface area contributed by atoms with E-state index in [2.05, 4.69) is 41.0 Å². The lowest BCUT2D eigenvalue weighted by Crippen LogP contribution is -2.39. The Morgan fingerprint density at radius 2 is 1.54 bits per heavy atom. The molecule has 2 aromatic rings. The summed E-state index contributed by atoms with van der Waals surface area (Å²) in [7, 11) is 0. The van der Waals surface area contributed by atoms with E-state index in [0.717, 1.165) is 30.9 Å². The first-order chi connectivity index (χ1) is 12.8. The zero-order valence-corrected chi connectivity index (χ0v) is 15.2. The first-order valence-electron chi connectivity index (χ1n) is 9.94. The summed E-state index contributed by atoms with van der Waals surface area (Å²) in [6.07, 6.45) is 5.87. The van der Waals surface area contributed by atoms with Crippen molar-refractivity contribution in [1.82, 2.24) is 10.6 Å². The molecule has 136 valence electrons. The van der Waals surface area contributed by atoms with Crippen molar-refractivity contribution >= 4 is 5.91 Å². The summed E-state index contributed by atoms with van der Waals surface area (Å²) in [5.74, 6) is 1.52. The molecule has 2 unspecified atom stereocenters. The van der Waals surface area contributed by atoms with Gasteiger partial charge in [-0.05, 0) is 62.3 Å². The third-order valence-corrected chi connectivity index (χ3v) is 5.90. The van der Waals surface area contributed by atoms with Crippen molar-refractivity contribution in [2.45, 2.75) is 50.1 Å². The molecule has 2 N–H and O–H groups in total. The Kier molecular flexibility index (Phi) is 5.35. The number of carbonyl (C=O) groups is 1. The van der Waals surface area contributed by atoms with E-state index in [9.17, 15) is 4.79 Å². The van der Waals surface area contributed by atoms with Crippen LogP contribution in [-0.2, 0) is 0 Å². The van der Waals surface area contributed by atoms with E-state index in [0.29, 0.717) is 18.0 Å². The van der Waals surface area contributed by atoms with Crippen molar-refractivity contribution in [2.75, 3.05) is 6.54 Å². The number of benzene rings is 2. The van der Waals surface area contributed by atoms with E-state index in [1.807, 2.05) is 30.3 Å². The molecule has 1 amide bonds. The summed E-state index contributed by atoms with van der Waals surface area (Å²) in [4.78, 5) is 12.3. The van der Waals surface area contributed by atoms with Crippen molar-refractivity contribution in [3.05, 3.63) is 71.8 Å². The molecule has 0 heterocycles. The van der Waals surface area contributed by atoms with Gasteiger partial charge in [0.2, 0.25) is 0 Å². The smallest absolute Gasteiger partial charge is 0.251 e. The number of carbonyl (C=O) groups excluding carboxylic acids is 1. The van der Waals surface area contributed by atoms with Gasteiger partial charge in [0.05, 0.1) is 0 Å². The summed E-state index contributed by atoms with van der Waals surface area (Å²) in [5.41, 5.74) is 2.23. The van der Waals surface area contributed by atoms with Gasteiger partial charge in [-0.15, -0.1) is 0 Å². The molecule has 2 atom stereocenters. The van der Waals surface area contributed by atoms with Crippen LogP contribution in [-0.4, -0.2) is 24.5 Å². The maximum absolute atomic E-state index is 12.3. The number of hydrogen-bond acceptors (Lipinski definition) is 2. The van der Waals surface area contributed by atoms with Gasteiger partial charge in [-0.1, -0.05) is 48.5 Å². The SMILES string of the molecule is O=C(N[C@H]1CC[C@H](CNC2CC2c2ccccc2)CC1)c1ccccc1. The molecule has 3 heteroatoms. The van der Waals surface area contributed by atoms with Crippen LogP contribution in [0, 0.1) is 5.92 Å². The van der Waals surface area contributed by atoms with Crippen molar-refractivity contribution < 1.29 is 4.79 Å². The molecular weight excluding hydrogens is 320 g/mol. The Bertz CT molecular complexity index is 708. The Morgan fingerprint density at radius 3 is 2.23 bits per heavy atom. The molecule has 2 aliphatic carbocycles. The maximum atomic E-state index is 12.3. The Balaban J connectivity index is 1.16. The Labute approximate surface area is 156 Å². The van der Waals surface area contributed by atoms with Gasteiger partial charge in [-0.3, -0.25) is 4.79 Å². The van der Waals surface area contributed by atoms with E-state index in [-0.39, 0.29) is 5.91 Å². The van der Waals surface area contributed by atoms with Crippen molar-refractivity contribution in [3.63, 3.8) is 0 Å². The minimum Gasteiger partial charge on any atom is -0.349 e. The fourth-order valence-electron chi connectivity index (χ4n) is 4.18. The van der Waals surface area contributed by atoms with Crippen LogP contribution < -0.4 is 10.6 Å². The van der Waals surface area contributed by atoms with Gasteiger partial charge in [0.1, 0.15) is 0 Å². The quantitative estimate of drug-likeness (QED) is 0.824. The molecule has 3 nitrogen and oxygen atoms in total. The monoisotopic (exact) mass is 348 g/mol. The molecular formula is C23H28N2O. The summed E-state index contributed by atoms with van der Waals surface area (Å²) < 4.78 is 0. The highest BCUT2D eigenvalue weighted by molar-refractivity contribution is 5.94. The number of hydrogen-bond donors (Lipinski definition) is 2. The average Bonchev–Trinajstić information content (AvgIpc) is 3.48. The zero-order valence-electron chi connectivity index (χ0n) is 15.2. The first kappa shape index (κ1) is 17.3. The molecule has 2 fully saturated rings. The molecule has 4 rings (SSSR count). The average molecular weight is 348 g/mol. The fraction of sp³-hybridized carbons (Fsp3) is 0.435. The van der Waals surface area contributed by atoms with Gasteiger partial charge in [0, 0.05) is 23.6 Å². The lowest BCUT2D eigenvalue weighted by atomic mass is 9.86. The van der Waals surface area contributed by atoms with Gasteiger partial charge in [-0.2, -0.15) is 0 Å². The molecule has 2 aromatic carbocycles. The number of amides is 1. The number of nitrogens with one attached hydrogen (secondary N) is 2. The van der Waals surface area contributed by atoms with Crippen LogP contribution in [0.3, 0.4) is 0 Å². The molecule has 2 aliphatic rings. The highest BCUT2D eigenvalue weighted by Gasteiger charge is 2.38. The van der Waals surface area contributed by atoms with Crippen LogP contribution in [0.25, 0.3) is 0 Å². The number of rotatable bonds is 6. The lowest BCUT2D eigenvalue weighted by Gasteiger charge is -2.29. The largest absolute Gasteiger partial charge is 0.349 e. The zero-order chi connectivity index (χ0) is 17.8. The fourth-order valence-corrected chi connectivity index (χ4v) is 4.18. The van der Waals surface area contributed by atoms with E-state index < -0.39 is 0 Å². The summed E-state index contributed by atoms with van der Waals surface area (Å²) in [6.45, 7) is 1.12. The lowest BCUT2D eigenvalue weighted by molar-refractivity contribution is 0.0922. The van der Waals surface area contributed by atoms with Crippen LogP contribution in [0.5, 0.6) is 0 Å². The molecule has 0 aliphatic heterocycles. The standard InChI is InChI=1S/C23H28N2O/c26-23(19-9-5-2-6-10-19)25-20-13-11-17(12-14-20)16-24-22-15-21(22)18-7-3-1-4-8-18/h1-10,17,20-22,24H,11-16H2,(H,25,26)/t17-,20-,21?,22?. The van der Waals surface area contributed by atoms with E-state index in [1.54, 1.807) is 0 Å². The molecule has 0 bridgehead atoms. The van der Waals surface area contributed by atoms with Crippen LogP contribution >= 0.6 is 0 Å². The Hall–Kier alpha value is -2.13. The van der Waals surface area contributed by atoms with Crippen molar-refractivity contribution in [3.8, 4) is 0 Å². The minimum atomic E-state index is 0.0656. The van der Waals surface area contributed by atoms with Gasteiger partial charge in [0.25, 0.3) is 5.91 Å². The molecule has 2 saturated carbocycles. The normalized spacial score (nSPS) is 27.7. The second kappa shape index (κ2) is 8.05. The predicted octanol–water partition coefficient (Wildman–Crippen LogP) is 4.12. The van der Waals surface area contributed by atoms with Crippen molar-refractivity contribution in [2.24, 2.45) is 5.92 Å². The van der Waals surface area contributed by atoms with Gasteiger partial charge in [-0.25, -0.2) is 0 Å². The molecule has 0 spiro atoms. The third kappa shape index (κ3) is 4.34. The molecule has 0 saturated heterocycles. The molecule has 0 aromatic heterocycles. The van der Waals surface area contributed by atoms with E-state index >= 15 is 0 Å². The first-order valence-corrected chi connectivity index (χ1v) is 9.94. The van der Waals surface area contributed by atoms with Gasteiger partial charge in [0.15, 0.2) is 0 Å². The predicted molar refractivity (Wildman–Crippen MR) is 105 cm³/mol. The van der Waals surface area contributed by atoms with Gasteiger partial charge >= 0.3 is 0 Å². The summed E-state index contributed by atoms with van der Waals surface area (Å²) in [5, 5.41) is 6.97. The van der Waals surface area contributed by atoms with Gasteiger partial charge < -0.3 is 10.6 Å². The summed E-state index contributed by atoms with van der Waals surface area (Å²) >= 11 is 0. The minimum absolute atomic E-state index is 0.0656. The highest BCUT2D eigenvalue weighted by atomic mass is 16.1. The third-order valence-electron chi connectivity index (χ3n) is 5.90. The van der Waals surface area contributed by atoms with E-state index in [1.165, 1.54) is 24.8 Å². The van der Waals surface area contributed by atoms with Crippen molar-refractivity contribution in [1.29, 1.82) is 0 Å².